The molecule has 23 heavy (non-hydrogen) atoms. The lowest BCUT2D eigenvalue weighted by atomic mass is 10.0. The zero-order chi connectivity index (χ0) is 16.7. The van der Waals surface area contributed by atoms with E-state index < -0.39 is 6.04 Å². The lowest BCUT2D eigenvalue weighted by molar-refractivity contribution is -0.125. The fraction of sp³-hybridized carbons (Fsp3) is 0.333. The van der Waals surface area contributed by atoms with Crippen molar-refractivity contribution in [3.05, 3.63) is 35.9 Å². The minimum atomic E-state index is -0.498. The van der Waals surface area contributed by atoms with Crippen molar-refractivity contribution in [1.82, 2.24) is 15.5 Å². The molecule has 0 spiro atoms. The van der Waals surface area contributed by atoms with Gasteiger partial charge in [0.15, 0.2) is 14.5 Å². The van der Waals surface area contributed by atoms with E-state index >= 15 is 0 Å². The molecule has 0 radical (unpaired) electrons. The van der Waals surface area contributed by atoms with E-state index in [0.717, 1.165) is 14.2 Å². The van der Waals surface area contributed by atoms with Crippen LogP contribution < -0.4 is 5.32 Å². The van der Waals surface area contributed by atoms with Gasteiger partial charge in [-0.15, -0.1) is 10.2 Å². The number of Topliss-reactive ketones (excluding diaryl/α,β-unsaturated/α-hetero) is 1. The van der Waals surface area contributed by atoms with Gasteiger partial charge < -0.3 is 5.32 Å². The highest BCUT2D eigenvalue weighted by Gasteiger charge is 2.18. The molecule has 0 bridgehead atoms. The average Bonchev–Trinajstić information content (AvgIpc) is 3.01. The van der Waals surface area contributed by atoms with Crippen molar-refractivity contribution in [2.75, 3.05) is 12.0 Å². The predicted molar refractivity (Wildman–Crippen MR) is 95.2 cm³/mol. The second-order valence-corrected chi connectivity index (χ2v) is 8.00. The van der Waals surface area contributed by atoms with E-state index in [9.17, 15) is 9.59 Å². The third-order valence-electron chi connectivity index (χ3n) is 3.00. The predicted octanol–water partition coefficient (Wildman–Crippen LogP) is 2.67. The van der Waals surface area contributed by atoms with Crippen LogP contribution in [0, 0.1) is 0 Å². The van der Waals surface area contributed by atoms with E-state index in [1.54, 1.807) is 0 Å². The van der Waals surface area contributed by atoms with Crippen LogP contribution in [0.1, 0.15) is 12.5 Å². The van der Waals surface area contributed by atoms with Gasteiger partial charge in [0.25, 0.3) is 0 Å². The third kappa shape index (κ3) is 5.96. The summed E-state index contributed by atoms with van der Waals surface area (Å²) >= 11 is 4.32. The highest BCUT2D eigenvalue weighted by molar-refractivity contribution is 8.03. The smallest absolute Gasteiger partial charge is 0.231 e. The molecule has 1 heterocycles. The fourth-order valence-corrected chi connectivity index (χ4v) is 4.10. The van der Waals surface area contributed by atoms with Gasteiger partial charge in [-0.2, -0.15) is 0 Å². The van der Waals surface area contributed by atoms with Crippen molar-refractivity contribution < 1.29 is 9.59 Å². The topological polar surface area (TPSA) is 72.0 Å². The number of hydrogen-bond acceptors (Lipinski definition) is 7. The van der Waals surface area contributed by atoms with Gasteiger partial charge >= 0.3 is 0 Å². The first-order chi connectivity index (χ1) is 11.1. The summed E-state index contributed by atoms with van der Waals surface area (Å²) in [5.74, 6) is 0.00140. The lowest BCUT2D eigenvalue weighted by Crippen LogP contribution is -2.42. The Morgan fingerprint density at radius 3 is 2.52 bits per heavy atom. The number of carbonyl (C=O) groups excluding carboxylic acids is 2. The largest absolute Gasteiger partial charge is 0.345 e. The quantitative estimate of drug-likeness (QED) is 0.723. The monoisotopic (exact) mass is 367 g/mol. The number of nitrogens with zero attached hydrogens (tertiary/aromatic N) is 2. The summed E-state index contributed by atoms with van der Waals surface area (Å²) in [4.78, 5) is 23.8. The Bertz CT molecular complexity index is 661. The minimum Gasteiger partial charge on any atom is -0.345 e. The highest BCUT2D eigenvalue weighted by atomic mass is 32.2. The molecule has 0 aliphatic carbocycles. The van der Waals surface area contributed by atoms with Gasteiger partial charge in [0, 0.05) is 0 Å². The van der Waals surface area contributed by atoms with Crippen molar-refractivity contribution in [1.29, 1.82) is 0 Å². The Kier molecular flexibility index (Phi) is 7.07. The molecule has 0 saturated heterocycles. The van der Waals surface area contributed by atoms with Crippen LogP contribution in [0.2, 0.25) is 0 Å². The fourth-order valence-electron chi connectivity index (χ4n) is 1.85. The first-order valence-electron chi connectivity index (χ1n) is 6.92. The van der Waals surface area contributed by atoms with Gasteiger partial charge in [0.1, 0.15) is 0 Å². The van der Waals surface area contributed by atoms with Crippen molar-refractivity contribution in [3.8, 4) is 0 Å². The van der Waals surface area contributed by atoms with Crippen LogP contribution in [-0.2, 0) is 16.0 Å². The maximum atomic E-state index is 12.1. The minimum absolute atomic E-state index is 0.0483. The van der Waals surface area contributed by atoms with Gasteiger partial charge in [-0.25, -0.2) is 0 Å². The first kappa shape index (κ1) is 18.0. The number of hydrogen-bond donors (Lipinski definition) is 1. The molecular formula is C15H17N3O2S3. The van der Waals surface area contributed by atoms with Crippen LogP contribution in [0.4, 0.5) is 0 Å². The van der Waals surface area contributed by atoms with E-state index in [4.69, 9.17) is 0 Å². The van der Waals surface area contributed by atoms with Gasteiger partial charge in [-0.05, 0) is 25.2 Å². The normalized spacial score (nSPS) is 11.9. The number of benzene rings is 1. The molecule has 0 saturated carbocycles. The summed E-state index contributed by atoms with van der Waals surface area (Å²) in [6.07, 6.45) is 2.44. The summed E-state index contributed by atoms with van der Waals surface area (Å²) < 4.78 is 1.63. The average molecular weight is 368 g/mol. The zero-order valence-electron chi connectivity index (χ0n) is 12.8. The van der Waals surface area contributed by atoms with E-state index in [2.05, 4.69) is 15.5 Å². The van der Waals surface area contributed by atoms with Gasteiger partial charge in [-0.1, -0.05) is 65.2 Å². The third-order valence-corrected chi connectivity index (χ3v) is 6.03. The van der Waals surface area contributed by atoms with E-state index in [0.29, 0.717) is 6.42 Å². The van der Waals surface area contributed by atoms with Gasteiger partial charge in [-0.3, -0.25) is 9.59 Å². The van der Waals surface area contributed by atoms with Crippen LogP contribution >= 0.6 is 34.9 Å². The number of amides is 1. The molecule has 1 amide bonds. The number of nitrogens with one attached hydrogen (secondary N) is 1. The molecule has 0 aliphatic rings. The summed E-state index contributed by atoms with van der Waals surface area (Å²) in [6.45, 7) is 1.50. The molecule has 0 unspecified atom stereocenters. The molecule has 1 atom stereocenters. The molecule has 5 nitrogen and oxygen atoms in total. The van der Waals surface area contributed by atoms with E-state index in [-0.39, 0.29) is 17.4 Å². The number of rotatable bonds is 8. The molecule has 8 heteroatoms. The summed E-state index contributed by atoms with van der Waals surface area (Å²) in [6, 6.07) is 9.16. The molecule has 0 aliphatic heterocycles. The summed E-state index contributed by atoms with van der Waals surface area (Å²) in [5.41, 5.74) is 1.02. The number of ketones is 1. The number of thioether (sulfide) groups is 2. The Labute approximate surface area is 147 Å². The second-order valence-electron chi connectivity index (χ2n) is 4.75. The zero-order valence-corrected chi connectivity index (χ0v) is 15.3. The van der Waals surface area contributed by atoms with Gasteiger partial charge in [0.2, 0.25) is 5.91 Å². The van der Waals surface area contributed by atoms with E-state index in [1.807, 2.05) is 36.6 Å². The Morgan fingerprint density at radius 2 is 1.91 bits per heavy atom. The molecule has 122 valence electrons. The standard InChI is InChI=1S/C15H17N3O2S3/c1-10(19)12(8-11-6-4-3-5-7-11)16-13(20)9-22-15-18-17-14(21-2)23-15/h3-7,12H,8-9H2,1-2H3,(H,16,20)/t12-/m1/s1. The SMILES string of the molecule is CSc1nnc(SCC(=O)N[C@H](Cc2ccccc2)C(C)=O)s1. The summed E-state index contributed by atoms with van der Waals surface area (Å²) in [7, 11) is 0. The molecule has 1 aromatic heterocycles. The maximum absolute atomic E-state index is 12.1. The van der Waals surface area contributed by atoms with E-state index in [1.165, 1.54) is 41.8 Å². The Balaban J connectivity index is 1.86. The van der Waals surface area contributed by atoms with Crippen LogP contribution in [0.3, 0.4) is 0 Å². The van der Waals surface area contributed by atoms with Crippen LogP contribution in [0.15, 0.2) is 39.0 Å². The second kappa shape index (κ2) is 9.05. The van der Waals surface area contributed by atoms with Crippen LogP contribution in [-0.4, -0.2) is 39.9 Å². The van der Waals surface area contributed by atoms with Crippen molar-refractivity contribution >= 4 is 46.6 Å². The lowest BCUT2D eigenvalue weighted by Gasteiger charge is -2.15. The molecule has 0 fully saturated rings. The van der Waals surface area contributed by atoms with Crippen molar-refractivity contribution in [2.45, 2.75) is 28.1 Å². The first-order valence-corrected chi connectivity index (χ1v) is 9.95. The number of carbonyl (C=O) groups is 2. The summed E-state index contributed by atoms with van der Waals surface area (Å²) in [5, 5.41) is 10.8. The number of aromatic nitrogens is 2. The molecular weight excluding hydrogens is 350 g/mol. The molecule has 2 rings (SSSR count). The maximum Gasteiger partial charge on any atom is 0.231 e. The molecule has 2 aromatic rings. The Morgan fingerprint density at radius 1 is 1.22 bits per heavy atom. The van der Waals surface area contributed by atoms with Crippen molar-refractivity contribution in [3.63, 3.8) is 0 Å². The van der Waals surface area contributed by atoms with Gasteiger partial charge in [0.05, 0.1) is 11.8 Å². The molecule has 1 aromatic carbocycles. The van der Waals surface area contributed by atoms with Crippen LogP contribution in [0.5, 0.6) is 0 Å². The highest BCUT2D eigenvalue weighted by Crippen LogP contribution is 2.27. The van der Waals surface area contributed by atoms with Crippen molar-refractivity contribution in [2.24, 2.45) is 0 Å². The molecule has 1 N–H and O–H groups in total. The van der Waals surface area contributed by atoms with Crippen LogP contribution in [0.25, 0.3) is 0 Å². The Hall–Kier alpha value is -1.38.